The minimum atomic E-state index is -0.933. The van der Waals surface area contributed by atoms with Crippen molar-refractivity contribution in [1.82, 2.24) is 4.90 Å². The number of urea groups is 1. The second-order valence-electron chi connectivity index (χ2n) is 11.6. The fourth-order valence-electron chi connectivity index (χ4n) is 6.03. The van der Waals surface area contributed by atoms with Crippen molar-refractivity contribution in [1.29, 1.82) is 0 Å². The Morgan fingerprint density at radius 2 is 1.63 bits per heavy atom. The first-order chi connectivity index (χ1) is 22.3. The van der Waals surface area contributed by atoms with Gasteiger partial charge in [-0.2, -0.15) is 4.99 Å². The monoisotopic (exact) mass is 631 g/mol. The van der Waals surface area contributed by atoms with E-state index in [-0.39, 0.29) is 36.7 Å². The first-order valence-electron chi connectivity index (χ1n) is 15.8. The van der Waals surface area contributed by atoms with Gasteiger partial charge in [0.15, 0.2) is 0 Å². The highest BCUT2D eigenvalue weighted by Gasteiger charge is 2.28. The second kappa shape index (κ2) is 17.9. The number of anilines is 1. The molecule has 2 unspecified atom stereocenters. The predicted octanol–water partition coefficient (Wildman–Crippen LogP) is 7.81. The lowest BCUT2D eigenvalue weighted by Crippen LogP contribution is -2.44. The number of para-hydroxylation sites is 1. The van der Waals surface area contributed by atoms with Crippen molar-refractivity contribution in [2.75, 3.05) is 18.5 Å². The predicted molar refractivity (Wildman–Crippen MR) is 174 cm³/mol. The number of rotatable bonds is 11. The molecule has 0 heterocycles. The Morgan fingerprint density at radius 1 is 0.935 bits per heavy atom. The van der Waals surface area contributed by atoms with Gasteiger partial charge in [-0.1, -0.05) is 49.2 Å². The van der Waals surface area contributed by atoms with Gasteiger partial charge in [0.2, 0.25) is 6.08 Å². The maximum atomic E-state index is 13.2. The van der Waals surface area contributed by atoms with Crippen LogP contribution in [0.5, 0.6) is 0 Å². The third-order valence-electron chi connectivity index (χ3n) is 8.36. The van der Waals surface area contributed by atoms with Crippen molar-refractivity contribution >= 4 is 29.5 Å². The fourth-order valence-corrected chi connectivity index (χ4v) is 6.03. The maximum Gasteiger partial charge on any atom is 0.336 e. The summed E-state index contributed by atoms with van der Waals surface area (Å²) in [5, 5.41) is 12.4. The third-order valence-corrected chi connectivity index (χ3v) is 8.36. The van der Waals surface area contributed by atoms with Gasteiger partial charge in [-0.25, -0.2) is 18.8 Å². The number of benzene rings is 3. The maximum absolute atomic E-state index is 13.2. The van der Waals surface area contributed by atoms with E-state index in [2.05, 4.69) is 10.3 Å². The van der Waals surface area contributed by atoms with Crippen molar-refractivity contribution in [3.63, 3.8) is 0 Å². The molecule has 2 N–H and O–H groups in total. The van der Waals surface area contributed by atoms with Crippen LogP contribution in [-0.4, -0.2) is 59.5 Å². The molecule has 2 amide bonds. The molecule has 2 fully saturated rings. The summed E-state index contributed by atoms with van der Waals surface area (Å²) >= 11 is 0. The molecule has 0 saturated heterocycles. The van der Waals surface area contributed by atoms with Gasteiger partial charge in [-0.15, -0.1) is 0 Å². The van der Waals surface area contributed by atoms with Crippen molar-refractivity contribution in [3.8, 4) is 0 Å². The lowest BCUT2D eigenvalue weighted by atomic mass is 9.94. The topological polar surface area (TPSA) is 118 Å². The number of aryl methyl sites for hydroxylation is 1. The number of aromatic carboxylic acids is 1. The lowest BCUT2D eigenvalue weighted by Gasteiger charge is -2.32. The molecule has 10 heteroatoms. The summed E-state index contributed by atoms with van der Waals surface area (Å²) in [5.41, 5.74) is 2.95. The molecule has 3 aromatic rings. The van der Waals surface area contributed by atoms with Gasteiger partial charge in [-0.05, 0) is 93.0 Å². The van der Waals surface area contributed by atoms with E-state index in [1.54, 1.807) is 37.3 Å². The molecule has 2 aliphatic rings. The molecule has 2 saturated carbocycles. The van der Waals surface area contributed by atoms with Gasteiger partial charge in [0, 0.05) is 18.3 Å². The van der Waals surface area contributed by atoms with Gasteiger partial charge in [0.05, 0.1) is 36.7 Å². The standard InChI is InChI=1S/C29H37FN2O5.C7H5NO/c1-20-6-4-7-21(27(20)28(33)34)19-37-26-11-5-10-25(18-26)36-17-16-32(24-8-2-3-9-24)29(35)31-23-14-12-22(30)13-15-23;9-6-8-7-4-2-1-3-5-7/h4,6-7,12-15,24-26H,2-3,5,8-11,16-19H2,1H3,(H,31,35)(H,33,34);1-5H. The second-order valence-corrected chi connectivity index (χ2v) is 11.6. The highest BCUT2D eigenvalue weighted by molar-refractivity contribution is 5.91. The molecule has 0 spiro atoms. The zero-order valence-electron chi connectivity index (χ0n) is 26.2. The molecule has 9 nitrogen and oxygen atoms in total. The van der Waals surface area contributed by atoms with E-state index in [0.29, 0.717) is 35.7 Å². The van der Waals surface area contributed by atoms with Crippen LogP contribution in [0.3, 0.4) is 0 Å². The van der Waals surface area contributed by atoms with Crippen LogP contribution >= 0.6 is 0 Å². The van der Waals surface area contributed by atoms with Crippen molar-refractivity contribution in [2.45, 2.75) is 83.1 Å². The summed E-state index contributed by atoms with van der Waals surface area (Å²) in [6.45, 7) is 2.99. The Morgan fingerprint density at radius 3 is 2.30 bits per heavy atom. The van der Waals surface area contributed by atoms with Gasteiger partial charge in [-0.3, -0.25) is 0 Å². The highest BCUT2D eigenvalue weighted by Crippen LogP contribution is 2.27. The summed E-state index contributed by atoms with van der Waals surface area (Å²) in [5.74, 6) is -1.27. The Balaban J connectivity index is 0.000000459. The summed E-state index contributed by atoms with van der Waals surface area (Å²) in [7, 11) is 0. The smallest absolute Gasteiger partial charge is 0.336 e. The van der Waals surface area contributed by atoms with Crippen LogP contribution in [-0.2, 0) is 20.9 Å². The van der Waals surface area contributed by atoms with E-state index < -0.39 is 5.97 Å². The van der Waals surface area contributed by atoms with E-state index in [1.165, 1.54) is 18.2 Å². The zero-order valence-corrected chi connectivity index (χ0v) is 26.2. The molecule has 0 bridgehead atoms. The molecule has 2 atom stereocenters. The molecule has 46 heavy (non-hydrogen) atoms. The number of ether oxygens (including phenoxy) is 2. The number of carbonyl (C=O) groups is 2. The molecule has 5 rings (SSSR count). The lowest BCUT2D eigenvalue weighted by molar-refractivity contribution is -0.0531. The summed E-state index contributed by atoms with van der Waals surface area (Å²) in [6.07, 6.45) is 9.27. The molecule has 2 aliphatic carbocycles. The van der Waals surface area contributed by atoms with Crippen LogP contribution in [0, 0.1) is 12.7 Å². The number of aliphatic imine (C=N–C) groups is 1. The number of amides is 2. The van der Waals surface area contributed by atoms with E-state index >= 15 is 0 Å². The van der Waals surface area contributed by atoms with Crippen molar-refractivity contribution < 1.29 is 33.4 Å². The number of nitrogens with zero attached hydrogens (tertiary/aromatic N) is 2. The Labute approximate surface area is 269 Å². The van der Waals surface area contributed by atoms with Crippen LogP contribution in [0.4, 0.5) is 20.6 Å². The minimum absolute atomic E-state index is 0.00798. The Bertz CT molecular complexity index is 1460. The minimum Gasteiger partial charge on any atom is -0.478 e. The fraction of sp³-hybridized carbons (Fsp3) is 0.417. The third kappa shape index (κ3) is 10.6. The van der Waals surface area contributed by atoms with Crippen molar-refractivity contribution in [2.24, 2.45) is 4.99 Å². The first kappa shape index (κ1) is 34.5. The van der Waals surface area contributed by atoms with Crippen LogP contribution in [0.1, 0.15) is 72.9 Å². The number of halogens is 1. The first-order valence-corrected chi connectivity index (χ1v) is 15.8. The van der Waals surface area contributed by atoms with E-state index in [0.717, 1.165) is 56.9 Å². The molecule has 0 radical (unpaired) electrons. The van der Waals surface area contributed by atoms with Gasteiger partial charge < -0.3 is 24.8 Å². The number of isocyanates is 1. The number of carboxylic acid groups (broad SMARTS) is 1. The average Bonchev–Trinajstić information content (AvgIpc) is 3.59. The molecular weight excluding hydrogens is 589 g/mol. The summed E-state index contributed by atoms with van der Waals surface area (Å²) in [4.78, 5) is 39.6. The van der Waals surface area contributed by atoms with Gasteiger partial charge in [0.25, 0.3) is 0 Å². The van der Waals surface area contributed by atoms with E-state index in [1.807, 2.05) is 35.2 Å². The van der Waals surface area contributed by atoms with Crippen LogP contribution in [0.2, 0.25) is 0 Å². The highest BCUT2D eigenvalue weighted by atomic mass is 19.1. The number of hydrogen-bond donors (Lipinski definition) is 2. The quantitative estimate of drug-likeness (QED) is 0.165. The molecular formula is C36H42FN3O6. The molecule has 244 valence electrons. The number of nitrogens with one attached hydrogen (secondary N) is 1. The SMILES string of the molecule is Cc1cccc(COC2CCCC(OCCN(C(=O)Nc3ccc(F)cc3)C3CCCC3)C2)c1C(=O)O.O=C=Nc1ccccc1. The van der Waals surface area contributed by atoms with E-state index in [4.69, 9.17) is 9.47 Å². The Kier molecular flexibility index (Phi) is 13.5. The van der Waals surface area contributed by atoms with Crippen LogP contribution in [0.15, 0.2) is 77.8 Å². The van der Waals surface area contributed by atoms with Crippen molar-refractivity contribution in [3.05, 3.63) is 95.3 Å². The number of carbonyl (C=O) groups excluding carboxylic acids is 2. The zero-order chi connectivity index (χ0) is 32.7. The Hall–Kier alpha value is -4.37. The van der Waals surface area contributed by atoms with Gasteiger partial charge in [0.1, 0.15) is 5.82 Å². The van der Waals surface area contributed by atoms with Crippen LogP contribution < -0.4 is 5.32 Å². The molecule has 3 aromatic carbocycles. The summed E-state index contributed by atoms with van der Waals surface area (Å²) < 4.78 is 25.6. The molecule has 0 aliphatic heterocycles. The largest absolute Gasteiger partial charge is 0.478 e. The van der Waals surface area contributed by atoms with Gasteiger partial charge >= 0.3 is 12.0 Å². The normalized spacial score (nSPS) is 17.7. The number of carboxylic acids is 1. The number of hydrogen-bond acceptors (Lipinski definition) is 6. The van der Waals surface area contributed by atoms with E-state index in [9.17, 15) is 23.9 Å². The van der Waals surface area contributed by atoms with Crippen LogP contribution in [0.25, 0.3) is 0 Å². The average molecular weight is 632 g/mol. The summed E-state index contributed by atoms with van der Waals surface area (Å²) in [6, 6.07) is 20.2. The molecule has 0 aromatic heterocycles.